The summed E-state index contributed by atoms with van der Waals surface area (Å²) in [7, 11) is 0. The molecular formula is C39H51NO6. The van der Waals surface area contributed by atoms with Gasteiger partial charge in [-0.15, -0.1) is 0 Å². The average molecular weight is 630 g/mol. The molecule has 0 radical (unpaired) electrons. The van der Waals surface area contributed by atoms with Crippen LogP contribution < -0.4 is 0 Å². The van der Waals surface area contributed by atoms with Gasteiger partial charge in [-0.1, -0.05) is 13.8 Å². The van der Waals surface area contributed by atoms with Crippen molar-refractivity contribution in [3.05, 3.63) is 52.2 Å². The molecule has 0 saturated heterocycles. The summed E-state index contributed by atoms with van der Waals surface area (Å²) in [4.78, 5) is 16.1. The second-order valence-corrected chi connectivity index (χ2v) is 17.5. The van der Waals surface area contributed by atoms with Crippen LogP contribution in [0.3, 0.4) is 0 Å². The lowest BCUT2D eigenvalue weighted by molar-refractivity contribution is -0.214. The number of aromatic nitrogens is 1. The van der Waals surface area contributed by atoms with Gasteiger partial charge in [0, 0.05) is 40.3 Å². The maximum absolute atomic E-state index is 13.0. The summed E-state index contributed by atoms with van der Waals surface area (Å²) in [5.41, 5.74) is 5.17. The SMILES string of the molecule is CC(=O)O[C@@H]1C=C2[C@H](CC[C@@]3(C)[C@@]2(O)CC[C@H]2Cc4c([nH]c5cc6c(cc45)C[C@H]4C6=CC(C)(C)OC4(C)C)[C@@]23C)OC1C(C)(C)O. The molecular weight excluding hydrogens is 578 g/mol. The Morgan fingerprint density at radius 2 is 1.80 bits per heavy atom. The lowest BCUT2D eigenvalue weighted by Crippen LogP contribution is -2.68. The number of aliphatic hydroxyl groups is 2. The number of aromatic amines is 1. The topological polar surface area (TPSA) is 101 Å². The lowest BCUT2D eigenvalue weighted by atomic mass is 9.42. The molecule has 3 N–H and O–H groups in total. The van der Waals surface area contributed by atoms with Crippen molar-refractivity contribution in [1.29, 1.82) is 0 Å². The first kappa shape index (κ1) is 30.9. The van der Waals surface area contributed by atoms with Crippen molar-refractivity contribution in [1.82, 2.24) is 4.98 Å². The van der Waals surface area contributed by atoms with Gasteiger partial charge in [0.2, 0.25) is 0 Å². The van der Waals surface area contributed by atoms with E-state index in [1.54, 1.807) is 13.8 Å². The van der Waals surface area contributed by atoms with E-state index in [1.807, 2.05) is 6.08 Å². The smallest absolute Gasteiger partial charge is 0.303 e. The fourth-order valence-corrected chi connectivity index (χ4v) is 11.3. The van der Waals surface area contributed by atoms with Crippen molar-refractivity contribution < 1.29 is 29.2 Å². The second-order valence-electron chi connectivity index (χ2n) is 17.5. The van der Waals surface area contributed by atoms with E-state index in [4.69, 9.17) is 14.2 Å². The quantitative estimate of drug-likeness (QED) is 0.260. The number of benzene rings is 1. The van der Waals surface area contributed by atoms with Gasteiger partial charge in [-0.05, 0) is 138 Å². The van der Waals surface area contributed by atoms with Gasteiger partial charge in [-0.2, -0.15) is 0 Å². The lowest BCUT2D eigenvalue weighted by Gasteiger charge is -2.65. The Kier molecular flexibility index (Phi) is 6.14. The van der Waals surface area contributed by atoms with Crippen molar-refractivity contribution in [2.45, 2.75) is 147 Å². The molecule has 4 aliphatic carbocycles. The molecule has 0 spiro atoms. The number of hydrogen-bond acceptors (Lipinski definition) is 6. The third-order valence-corrected chi connectivity index (χ3v) is 13.5. The monoisotopic (exact) mass is 629 g/mol. The standard InChI is InChI=1S/C39H51NO6/c1-20(41)44-31-18-28-30(45-33(31)35(4,5)42)11-12-37(8)38(9)22(10-13-39(28,37)43)16-25-24-14-21-15-27-26(19-34(2,3)46-36(27,6)7)23(21)17-29(24)40-32(25)38/h14,17-19,22,27,30-31,33,40,42-43H,10-13,15-16H2,1-9H3/t22-,27-,30-,31+,33?,37+,38+,39+/m0/s1. The van der Waals surface area contributed by atoms with Crippen LogP contribution in [-0.2, 0) is 37.3 Å². The van der Waals surface area contributed by atoms with Gasteiger partial charge in [0.05, 0.1) is 28.5 Å². The van der Waals surface area contributed by atoms with Crippen LogP contribution in [-0.4, -0.2) is 61.9 Å². The summed E-state index contributed by atoms with van der Waals surface area (Å²) in [6, 6.07) is 4.84. The number of rotatable bonds is 2. The molecule has 46 heavy (non-hydrogen) atoms. The van der Waals surface area contributed by atoms with Gasteiger partial charge in [-0.3, -0.25) is 4.79 Å². The maximum Gasteiger partial charge on any atom is 0.303 e. The Morgan fingerprint density at radius 1 is 1.07 bits per heavy atom. The van der Waals surface area contributed by atoms with Crippen molar-refractivity contribution in [2.24, 2.45) is 17.3 Å². The normalized spacial score (nSPS) is 40.1. The Bertz CT molecular complexity index is 1740. The molecule has 7 nitrogen and oxygen atoms in total. The van der Waals surface area contributed by atoms with Gasteiger partial charge in [0.15, 0.2) is 0 Å². The fraction of sp³-hybridized carbons (Fsp3) is 0.667. The number of carbonyl (C=O) groups is 1. The van der Waals surface area contributed by atoms with Crippen molar-refractivity contribution in [3.63, 3.8) is 0 Å². The van der Waals surface area contributed by atoms with Gasteiger partial charge in [0.1, 0.15) is 12.2 Å². The van der Waals surface area contributed by atoms with Gasteiger partial charge in [-0.25, -0.2) is 0 Å². The molecule has 2 saturated carbocycles. The molecule has 1 aromatic heterocycles. The molecule has 8 rings (SSSR count). The van der Waals surface area contributed by atoms with Crippen LogP contribution >= 0.6 is 0 Å². The summed E-state index contributed by atoms with van der Waals surface area (Å²) >= 11 is 0. The molecule has 7 heteroatoms. The first-order valence-corrected chi connectivity index (χ1v) is 17.4. The zero-order chi connectivity index (χ0) is 33.0. The van der Waals surface area contributed by atoms with Crippen LogP contribution in [0.4, 0.5) is 0 Å². The number of ether oxygens (including phenoxy) is 3. The van der Waals surface area contributed by atoms with E-state index < -0.39 is 34.8 Å². The summed E-state index contributed by atoms with van der Waals surface area (Å²) in [6.07, 6.45) is 7.49. The van der Waals surface area contributed by atoms with E-state index >= 15 is 0 Å². The molecule has 0 bridgehead atoms. The summed E-state index contributed by atoms with van der Waals surface area (Å²) in [6.45, 7) is 18.2. The predicted octanol–water partition coefficient (Wildman–Crippen LogP) is 6.46. The summed E-state index contributed by atoms with van der Waals surface area (Å²) in [5.74, 6) is 0.321. The number of esters is 1. The molecule has 8 atom stereocenters. The van der Waals surface area contributed by atoms with Gasteiger partial charge in [0.25, 0.3) is 0 Å². The van der Waals surface area contributed by atoms with Crippen LogP contribution in [0, 0.1) is 17.3 Å². The van der Waals surface area contributed by atoms with E-state index in [0.717, 1.165) is 37.7 Å². The van der Waals surface area contributed by atoms with E-state index in [0.29, 0.717) is 18.3 Å². The van der Waals surface area contributed by atoms with Crippen LogP contribution in [0.2, 0.25) is 0 Å². The number of H-pyrrole nitrogens is 1. The fourth-order valence-electron chi connectivity index (χ4n) is 11.3. The van der Waals surface area contributed by atoms with Crippen LogP contribution in [0.1, 0.15) is 110 Å². The molecule has 248 valence electrons. The highest BCUT2D eigenvalue weighted by Crippen LogP contribution is 2.69. The molecule has 3 heterocycles. The Labute approximate surface area is 272 Å². The second kappa shape index (κ2) is 9.16. The van der Waals surface area contributed by atoms with E-state index in [9.17, 15) is 15.0 Å². The highest BCUT2D eigenvalue weighted by atomic mass is 16.6. The van der Waals surface area contributed by atoms with Crippen LogP contribution in [0.15, 0.2) is 29.9 Å². The number of nitrogens with one attached hydrogen (secondary N) is 1. The minimum Gasteiger partial charge on any atom is -0.455 e. The summed E-state index contributed by atoms with van der Waals surface area (Å²) in [5, 5.41) is 25.3. The Balaban J connectivity index is 1.23. The minimum absolute atomic E-state index is 0.235. The van der Waals surface area contributed by atoms with Gasteiger partial charge >= 0.3 is 5.97 Å². The number of carbonyl (C=O) groups excluding carboxylic acids is 1. The largest absolute Gasteiger partial charge is 0.455 e. The molecule has 2 fully saturated rings. The molecule has 1 aromatic carbocycles. The molecule has 6 aliphatic rings. The van der Waals surface area contributed by atoms with Crippen LogP contribution in [0.5, 0.6) is 0 Å². The van der Waals surface area contributed by atoms with E-state index in [-0.39, 0.29) is 22.7 Å². The van der Waals surface area contributed by atoms with Crippen molar-refractivity contribution >= 4 is 22.4 Å². The molecule has 2 aromatic rings. The minimum atomic E-state index is -1.22. The molecule has 2 aliphatic heterocycles. The van der Waals surface area contributed by atoms with Crippen LogP contribution in [0.25, 0.3) is 16.5 Å². The Hall–Kier alpha value is -2.45. The predicted molar refractivity (Wildman–Crippen MR) is 177 cm³/mol. The third kappa shape index (κ3) is 3.89. The molecule has 0 amide bonds. The highest BCUT2D eigenvalue weighted by Gasteiger charge is 2.70. The highest BCUT2D eigenvalue weighted by molar-refractivity contribution is 5.92. The molecule has 1 unspecified atom stereocenters. The van der Waals surface area contributed by atoms with E-state index in [2.05, 4.69) is 64.7 Å². The third-order valence-electron chi connectivity index (χ3n) is 13.5. The zero-order valence-electron chi connectivity index (χ0n) is 29.0. The van der Waals surface area contributed by atoms with Crippen molar-refractivity contribution in [2.75, 3.05) is 0 Å². The summed E-state index contributed by atoms with van der Waals surface area (Å²) < 4.78 is 18.8. The zero-order valence-corrected chi connectivity index (χ0v) is 29.0. The first-order chi connectivity index (χ1) is 21.3. The van der Waals surface area contributed by atoms with E-state index in [1.165, 1.54) is 45.8 Å². The first-order valence-electron chi connectivity index (χ1n) is 17.4. The Morgan fingerprint density at radius 3 is 2.50 bits per heavy atom. The van der Waals surface area contributed by atoms with Crippen molar-refractivity contribution in [3.8, 4) is 0 Å². The maximum atomic E-state index is 13.0. The average Bonchev–Trinajstić information content (AvgIpc) is 3.56. The number of fused-ring (bicyclic) bond motifs is 12. The number of hydrogen-bond donors (Lipinski definition) is 3. The van der Waals surface area contributed by atoms with Gasteiger partial charge < -0.3 is 29.4 Å².